The normalized spacial score (nSPS) is 10.3. The first kappa shape index (κ1) is 18.2. The second-order valence-electron chi connectivity index (χ2n) is 5.43. The quantitative estimate of drug-likeness (QED) is 0.579. The number of hydrogen-bond acceptors (Lipinski definition) is 3. The van der Waals surface area contributed by atoms with Gasteiger partial charge in [-0.25, -0.2) is 0 Å². The molecule has 4 N–H and O–H groups in total. The van der Waals surface area contributed by atoms with Crippen LogP contribution in [0.25, 0.3) is 0 Å². The van der Waals surface area contributed by atoms with Gasteiger partial charge in [-0.05, 0) is 43.5 Å². The molecule has 0 fully saturated rings. The summed E-state index contributed by atoms with van der Waals surface area (Å²) in [5, 5.41) is 5.66. The van der Waals surface area contributed by atoms with Crippen LogP contribution in [0.5, 0.6) is 0 Å². The van der Waals surface area contributed by atoms with Gasteiger partial charge in [0.15, 0.2) is 0 Å². The van der Waals surface area contributed by atoms with E-state index in [2.05, 4.69) is 10.6 Å². The Kier molecular flexibility index (Phi) is 8.91. The highest BCUT2D eigenvalue weighted by molar-refractivity contribution is 5.88. The van der Waals surface area contributed by atoms with Crippen LogP contribution >= 0.6 is 0 Å². The molecule has 0 atom stereocenters. The molecule has 0 aliphatic rings. The molecule has 0 aromatic heterocycles. The summed E-state index contributed by atoms with van der Waals surface area (Å²) in [4.78, 5) is 22.6. The van der Waals surface area contributed by atoms with Crippen LogP contribution in [0.1, 0.15) is 44.6 Å². The number of rotatable bonds is 10. The SMILES string of the molecule is CC(=O)Nc1ccc(CCNC(=O)CCCCCCN)cc1. The van der Waals surface area contributed by atoms with Gasteiger partial charge in [-0.1, -0.05) is 25.0 Å². The smallest absolute Gasteiger partial charge is 0.221 e. The van der Waals surface area contributed by atoms with Crippen LogP contribution in [0.15, 0.2) is 24.3 Å². The van der Waals surface area contributed by atoms with Crippen molar-refractivity contribution < 1.29 is 9.59 Å². The van der Waals surface area contributed by atoms with Crippen LogP contribution in [-0.4, -0.2) is 24.9 Å². The van der Waals surface area contributed by atoms with Gasteiger partial charge in [0, 0.05) is 25.6 Å². The average Bonchev–Trinajstić information content (AvgIpc) is 2.48. The summed E-state index contributed by atoms with van der Waals surface area (Å²) >= 11 is 0. The zero-order valence-corrected chi connectivity index (χ0v) is 13.4. The number of anilines is 1. The molecule has 0 unspecified atom stereocenters. The molecule has 0 spiro atoms. The molecule has 22 heavy (non-hydrogen) atoms. The highest BCUT2D eigenvalue weighted by atomic mass is 16.2. The summed E-state index contributed by atoms with van der Waals surface area (Å²) < 4.78 is 0. The summed E-state index contributed by atoms with van der Waals surface area (Å²) in [5.41, 5.74) is 7.35. The summed E-state index contributed by atoms with van der Waals surface area (Å²) in [6, 6.07) is 7.67. The average molecular weight is 305 g/mol. The summed E-state index contributed by atoms with van der Waals surface area (Å²) in [6.45, 7) is 2.85. The maximum atomic E-state index is 11.7. The second kappa shape index (κ2) is 10.8. The van der Waals surface area contributed by atoms with E-state index in [1.165, 1.54) is 6.92 Å². The van der Waals surface area contributed by atoms with Crippen molar-refractivity contribution in [2.45, 2.75) is 45.4 Å². The monoisotopic (exact) mass is 305 g/mol. The molecule has 5 heteroatoms. The fraction of sp³-hybridized carbons (Fsp3) is 0.529. The molecule has 0 aliphatic heterocycles. The number of benzene rings is 1. The minimum absolute atomic E-state index is 0.0773. The third-order valence-corrected chi connectivity index (χ3v) is 3.37. The second-order valence-corrected chi connectivity index (χ2v) is 5.43. The lowest BCUT2D eigenvalue weighted by atomic mass is 10.1. The molecular formula is C17H27N3O2. The molecule has 1 rings (SSSR count). The number of carbonyl (C=O) groups excluding carboxylic acids is 2. The van der Waals surface area contributed by atoms with Gasteiger partial charge in [0.2, 0.25) is 11.8 Å². The van der Waals surface area contributed by atoms with E-state index in [9.17, 15) is 9.59 Å². The van der Waals surface area contributed by atoms with E-state index >= 15 is 0 Å². The van der Waals surface area contributed by atoms with Crippen LogP contribution < -0.4 is 16.4 Å². The van der Waals surface area contributed by atoms with E-state index in [0.717, 1.165) is 49.9 Å². The topological polar surface area (TPSA) is 84.2 Å². The molecule has 0 aliphatic carbocycles. The van der Waals surface area contributed by atoms with Gasteiger partial charge in [0.05, 0.1) is 0 Å². The Morgan fingerprint density at radius 1 is 1.05 bits per heavy atom. The molecular weight excluding hydrogens is 278 g/mol. The standard InChI is InChI=1S/C17H27N3O2/c1-14(21)20-16-9-7-15(8-10-16)11-13-19-17(22)6-4-2-3-5-12-18/h7-10H,2-6,11-13,18H2,1H3,(H,19,22)(H,20,21). The number of nitrogens with one attached hydrogen (secondary N) is 2. The maximum absolute atomic E-state index is 11.7. The van der Waals surface area contributed by atoms with Crippen molar-refractivity contribution in [2.24, 2.45) is 5.73 Å². The predicted molar refractivity (Wildman–Crippen MR) is 89.6 cm³/mol. The van der Waals surface area contributed by atoms with Crippen LogP contribution in [0.2, 0.25) is 0 Å². The van der Waals surface area contributed by atoms with Crippen LogP contribution in [0, 0.1) is 0 Å². The van der Waals surface area contributed by atoms with Crippen LogP contribution in [0.3, 0.4) is 0 Å². The van der Waals surface area contributed by atoms with Crippen molar-refractivity contribution >= 4 is 17.5 Å². The summed E-state index contributed by atoms with van der Waals surface area (Å²) in [7, 11) is 0. The largest absolute Gasteiger partial charge is 0.356 e. The van der Waals surface area contributed by atoms with Crippen LogP contribution in [-0.2, 0) is 16.0 Å². The molecule has 0 bridgehead atoms. The first-order valence-corrected chi connectivity index (χ1v) is 7.95. The van der Waals surface area contributed by atoms with Crippen LogP contribution in [0.4, 0.5) is 5.69 Å². The maximum Gasteiger partial charge on any atom is 0.221 e. The van der Waals surface area contributed by atoms with Gasteiger partial charge in [-0.15, -0.1) is 0 Å². The highest BCUT2D eigenvalue weighted by Crippen LogP contribution is 2.09. The van der Waals surface area contributed by atoms with Gasteiger partial charge in [-0.3, -0.25) is 9.59 Å². The molecule has 1 aromatic carbocycles. The van der Waals surface area contributed by atoms with Gasteiger partial charge in [0.1, 0.15) is 0 Å². The van der Waals surface area contributed by atoms with E-state index in [0.29, 0.717) is 13.0 Å². The highest BCUT2D eigenvalue weighted by Gasteiger charge is 2.01. The fourth-order valence-electron chi connectivity index (χ4n) is 2.18. The van der Waals surface area contributed by atoms with Gasteiger partial charge < -0.3 is 16.4 Å². The Hall–Kier alpha value is -1.88. The minimum atomic E-state index is -0.0773. The fourth-order valence-corrected chi connectivity index (χ4v) is 2.18. The molecule has 0 radical (unpaired) electrons. The zero-order chi connectivity index (χ0) is 16.2. The van der Waals surface area contributed by atoms with Crippen molar-refractivity contribution in [2.75, 3.05) is 18.4 Å². The molecule has 122 valence electrons. The Labute approximate surface area is 132 Å². The number of hydrogen-bond donors (Lipinski definition) is 3. The lowest BCUT2D eigenvalue weighted by molar-refractivity contribution is -0.121. The first-order valence-electron chi connectivity index (χ1n) is 7.95. The Balaban J connectivity index is 2.15. The molecule has 0 saturated heterocycles. The minimum Gasteiger partial charge on any atom is -0.356 e. The lowest BCUT2D eigenvalue weighted by Crippen LogP contribution is -2.25. The van der Waals surface area contributed by atoms with E-state index in [4.69, 9.17) is 5.73 Å². The lowest BCUT2D eigenvalue weighted by Gasteiger charge is -2.07. The van der Waals surface area contributed by atoms with Gasteiger partial charge in [-0.2, -0.15) is 0 Å². The van der Waals surface area contributed by atoms with Crippen molar-refractivity contribution in [3.8, 4) is 0 Å². The molecule has 0 saturated carbocycles. The number of amides is 2. The first-order chi connectivity index (χ1) is 10.6. The van der Waals surface area contributed by atoms with Gasteiger partial charge in [0.25, 0.3) is 0 Å². The van der Waals surface area contributed by atoms with E-state index in [1.54, 1.807) is 0 Å². The Morgan fingerprint density at radius 2 is 1.73 bits per heavy atom. The number of unbranched alkanes of at least 4 members (excludes halogenated alkanes) is 3. The third kappa shape index (κ3) is 8.42. The third-order valence-electron chi connectivity index (χ3n) is 3.37. The molecule has 2 amide bonds. The Morgan fingerprint density at radius 3 is 2.36 bits per heavy atom. The molecule has 0 heterocycles. The Bertz CT molecular complexity index is 457. The molecule has 1 aromatic rings. The summed E-state index contributed by atoms with van der Waals surface area (Å²) in [6.07, 6.45) is 5.51. The zero-order valence-electron chi connectivity index (χ0n) is 13.4. The number of nitrogens with two attached hydrogens (primary N) is 1. The van der Waals surface area contributed by atoms with E-state index in [-0.39, 0.29) is 11.8 Å². The number of carbonyl (C=O) groups is 2. The van der Waals surface area contributed by atoms with Gasteiger partial charge >= 0.3 is 0 Å². The van der Waals surface area contributed by atoms with Crippen molar-refractivity contribution in [3.63, 3.8) is 0 Å². The molecule has 5 nitrogen and oxygen atoms in total. The van der Waals surface area contributed by atoms with Crippen molar-refractivity contribution in [1.29, 1.82) is 0 Å². The summed E-state index contributed by atoms with van der Waals surface area (Å²) in [5.74, 6) is 0.0362. The predicted octanol–water partition coefficient (Wildman–Crippen LogP) is 2.21. The van der Waals surface area contributed by atoms with Crippen molar-refractivity contribution in [3.05, 3.63) is 29.8 Å². The van der Waals surface area contributed by atoms with Crippen molar-refractivity contribution in [1.82, 2.24) is 5.32 Å². The van der Waals surface area contributed by atoms with E-state index in [1.807, 2.05) is 24.3 Å². The van der Waals surface area contributed by atoms with E-state index < -0.39 is 0 Å².